The number of nitrogens with zero attached hydrogens (tertiary/aromatic N) is 3. The highest BCUT2D eigenvalue weighted by molar-refractivity contribution is 5.92. The van der Waals surface area contributed by atoms with Crippen LogP contribution in [0.5, 0.6) is 0 Å². The number of H-pyrrole nitrogens is 1. The van der Waals surface area contributed by atoms with Crippen LogP contribution in [0.1, 0.15) is 31.4 Å². The number of amides is 2. The number of carbonyl (C=O) groups excluding carboxylic acids is 2. The topological polar surface area (TPSA) is 81.3 Å². The standard InChI is InChI=1S/C14H23N5O2/c1-18(2)10-11-9-12(17-16-11)15-13(20)5-6-14(21)19-7-3-4-8-19/h9H,3-8,10H2,1-2H3,(H2,15,16,17,20). The molecule has 21 heavy (non-hydrogen) atoms. The van der Waals surface area contributed by atoms with Gasteiger partial charge in [0.15, 0.2) is 5.82 Å². The monoisotopic (exact) mass is 293 g/mol. The second-order valence-corrected chi connectivity index (χ2v) is 5.65. The molecule has 7 nitrogen and oxygen atoms in total. The minimum absolute atomic E-state index is 0.0676. The molecule has 1 aliphatic heterocycles. The summed E-state index contributed by atoms with van der Waals surface area (Å²) in [5, 5.41) is 9.62. The Kier molecular flexibility index (Phi) is 5.32. The lowest BCUT2D eigenvalue weighted by Gasteiger charge is -2.14. The van der Waals surface area contributed by atoms with Crippen LogP contribution in [0.15, 0.2) is 6.07 Å². The van der Waals surface area contributed by atoms with Crippen LogP contribution in [0.3, 0.4) is 0 Å². The summed E-state index contributed by atoms with van der Waals surface area (Å²) >= 11 is 0. The zero-order chi connectivity index (χ0) is 15.2. The van der Waals surface area contributed by atoms with Crippen molar-refractivity contribution in [2.24, 2.45) is 0 Å². The Hall–Kier alpha value is -1.89. The predicted octanol–water partition coefficient (Wildman–Crippen LogP) is 0.812. The number of hydrogen-bond donors (Lipinski definition) is 2. The fourth-order valence-electron chi connectivity index (χ4n) is 2.40. The molecule has 0 saturated carbocycles. The number of aromatic nitrogens is 2. The zero-order valence-electron chi connectivity index (χ0n) is 12.7. The first-order valence-electron chi connectivity index (χ1n) is 7.31. The lowest BCUT2D eigenvalue weighted by Crippen LogP contribution is -2.28. The number of nitrogens with one attached hydrogen (secondary N) is 2. The van der Waals surface area contributed by atoms with Crippen molar-refractivity contribution in [1.29, 1.82) is 0 Å². The second-order valence-electron chi connectivity index (χ2n) is 5.65. The fraction of sp³-hybridized carbons (Fsp3) is 0.643. The van der Waals surface area contributed by atoms with E-state index in [2.05, 4.69) is 15.5 Å². The van der Waals surface area contributed by atoms with Gasteiger partial charge in [-0.3, -0.25) is 14.7 Å². The first-order chi connectivity index (χ1) is 10.0. The maximum Gasteiger partial charge on any atom is 0.226 e. The molecule has 2 N–H and O–H groups in total. The Morgan fingerprint density at radius 2 is 2.05 bits per heavy atom. The third kappa shape index (κ3) is 4.86. The van der Waals surface area contributed by atoms with Gasteiger partial charge in [-0.25, -0.2) is 0 Å². The first kappa shape index (κ1) is 15.5. The van der Waals surface area contributed by atoms with E-state index in [1.54, 1.807) is 6.07 Å². The third-order valence-corrected chi connectivity index (χ3v) is 3.41. The smallest absolute Gasteiger partial charge is 0.226 e. The molecule has 0 unspecified atom stereocenters. The van der Waals surface area contributed by atoms with Crippen LogP contribution in [-0.2, 0) is 16.1 Å². The zero-order valence-corrected chi connectivity index (χ0v) is 12.7. The number of likely N-dealkylation sites (tertiary alicyclic amines) is 1. The van der Waals surface area contributed by atoms with Gasteiger partial charge >= 0.3 is 0 Å². The molecule has 1 aromatic heterocycles. The van der Waals surface area contributed by atoms with Gasteiger partial charge in [0.25, 0.3) is 0 Å². The molecule has 0 bridgehead atoms. The Balaban J connectivity index is 1.73. The van der Waals surface area contributed by atoms with Gasteiger partial charge in [-0.1, -0.05) is 0 Å². The van der Waals surface area contributed by atoms with Gasteiger partial charge in [0.2, 0.25) is 11.8 Å². The quantitative estimate of drug-likeness (QED) is 0.813. The largest absolute Gasteiger partial charge is 0.343 e. The van der Waals surface area contributed by atoms with E-state index in [0.717, 1.165) is 38.2 Å². The summed E-state index contributed by atoms with van der Waals surface area (Å²) in [6.45, 7) is 2.39. The van der Waals surface area contributed by atoms with Gasteiger partial charge in [-0.2, -0.15) is 5.10 Å². The molecule has 0 radical (unpaired) electrons. The van der Waals surface area contributed by atoms with Gasteiger partial charge in [-0.05, 0) is 26.9 Å². The summed E-state index contributed by atoms with van der Waals surface area (Å²) in [5.74, 6) is 0.397. The molecule has 0 spiro atoms. The molecule has 0 atom stereocenters. The molecule has 1 aliphatic rings. The molecular weight excluding hydrogens is 270 g/mol. The maximum absolute atomic E-state index is 11.8. The first-order valence-corrected chi connectivity index (χ1v) is 7.31. The SMILES string of the molecule is CN(C)Cc1cc(NC(=O)CCC(=O)N2CCCC2)n[nH]1. The summed E-state index contributed by atoms with van der Waals surface area (Å²) < 4.78 is 0. The van der Waals surface area contributed by atoms with Gasteiger partial charge in [-0.15, -0.1) is 0 Å². The summed E-state index contributed by atoms with van der Waals surface area (Å²) in [6.07, 6.45) is 2.60. The van der Waals surface area contributed by atoms with Crippen molar-refractivity contribution in [3.8, 4) is 0 Å². The van der Waals surface area contributed by atoms with Crippen LogP contribution in [-0.4, -0.2) is 59.0 Å². The fourth-order valence-corrected chi connectivity index (χ4v) is 2.40. The summed E-state index contributed by atoms with van der Waals surface area (Å²) in [6, 6.07) is 1.81. The Bertz CT molecular complexity index is 491. The average Bonchev–Trinajstić information content (AvgIpc) is 3.07. The van der Waals surface area contributed by atoms with Crippen LogP contribution in [0.25, 0.3) is 0 Å². The average molecular weight is 293 g/mol. The van der Waals surface area contributed by atoms with Crippen molar-refractivity contribution in [2.45, 2.75) is 32.2 Å². The summed E-state index contributed by atoms with van der Waals surface area (Å²) in [4.78, 5) is 27.5. The number of aromatic amines is 1. The van der Waals surface area contributed by atoms with E-state index in [1.807, 2.05) is 23.9 Å². The Morgan fingerprint density at radius 1 is 1.33 bits per heavy atom. The van der Waals surface area contributed by atoms with Crippen LogP contribution < -0.4 is 5.32 Å². The van der Waals surface area contributed by atoms with Crippen molar-refractivity contribution < 1.29 is 9.59 Å². The number of anilines is 1. The van der Waals surface area contributed by atoms with E-state index in [-0.39, 0.29) is 24.7 Å². The molecule has 1 saturated heterocycles. The van der Waals surface area contributed by atoms with Crippen LogP contribution in [0.2, 0.25) is 0 Å². The van der Waals surface area contributed by atoms with E-state index in [1.165, 1.54) is 0 Å². The lowest BCUT2D eigenvalue weighted by atomic mass is 10.2. The van der Waals surface area contributed by atoms with Gasteiger partial charge < -0.3 is 15.1 Å². The van der Waals surface area contributed by atoms with E-state index < -0.39 is 0 Å². The molecule has 1 fully saturated rings. The van der Waals surface area contributed by atoms with E-state index in [9.17, 15) is 9.59 Å². The van der Waals surface area contributed by atoms with Crippen molar-refractivity contribution >= 4 is 17.6 Å². The highest BCUT2D eigenvalue weighted by Gasteiger charge is 2.18. The van der Waals surface area contributed by atoms with Gasteiger partial charge in [0, 0.05) is 38.5 Å². The number of hydrogen-bond acceptors (Lipinski definition) is 4. The molecule has 1 aromatic rings. The Labute approximate surface area is 124 Å². The Morgan fingerprint density at radius 3 is 2.71 bits per heavy atom. The highest BCUT2D eigenvalue weighted by atomic mass is 16.2. The molecule has 0 aliphatic carbocycles. The highest BCUT2D eigenvalue weighted by Crippen LogP contribution is 2.11. The maximum atomic E-state index is 11.8. The van der Waals surface area contributed by atoms with Crippen LogP contribution >= 0.6 is 0 Å². The normalized spacial score (nSPS) is 14.7. The molecule has 2 rings (SSSR count). The van der Waals surface area contributed by atoms with E-state index in [4.69, 9.17) is 0 Å². The molecule has 0 aromatic carbocycles. The second kappa shape index (κ2) is 7.21. The molecule has 2 heterocycles. The van der Waals surface area contributed by atoms with Crippen molar-refractivity contribution in [2.75, 3.05) is 32.5 Å². The van der Waals surface area contributed by atoms with E-state index >= 15 is 0 Å². The van der Waals surface area contributed by atoms with E-state index in [0.29, 0.717) is 5.82 Å². The summed E-state index contributed by atoms with van der Waals surface area (Å²) in [5.41, 5.74) is 0.934. The van der Waals surface area contributed by atoms with Crippen molar-refractivity contribution in [1.82, 2.24) is 20.0 Å². The number of rotatable bonds is 6. The molecular formula is C14H23N5O2. The van der Waals surface area contributed by atoms with Crippen molar-refractivity contribution in [3.05, 3.63) is 11.8 Å². The van der Waals surface area contributed by atoms with Crippen LogP contribution in [0, 0.1) is 0 Å². The predicted molar refractivity (Wildman–Crippen MR) is 79.7 cm³/mol. The third-order valence-electron chi connectivity index (χ3n) is 3.41. The molecule has 116 valence electrons. The summed E-state index contributed by atoms with van der Waals surface area (Å²) in [7, 11) is 3.92. The lowest BCUT2D eigenvalue weighted by molar-refractivity contribution is -0.131. The van der Waals surface area contributed by atoms with Crippen molar-refractivity contribution in [3.63, 3.8) is 0 Å². The number of carbonyl (C=O) groups is 2. The minimum atomic E-state index is -0.176. The van der Waals surface area contributed by atoms with Gasteiger partial charge in [0.05, 0.1) is 5.69 Å². The molecule has 2 amide bonds. The molecule has 7 heteroatoms. The minimum Gasteiger partial charge on any atom is -0.343 e. The van der Waals surface area contributed by atoms with Gasteiger partial charge in [0.1, 0.15) is 0 Å². The van der Waals surface area contributed by atoms with Crippen LogP contribution in [0.4, 0.5) is 5.82 Å².